The second-order valence-corrected chi connectivity index (χ2v) is 5.54. The molecule has 0 aromatic heterocycles. The van der Waals surface area contributed by atoms with Crippen molar-refractivity contribution in [1.29, 1.82) is 0 Å². The molecule has 1 amide bonds. The summed E-state index contributed by atoms with van der Waals surface area (Å²) in [6.07, 6.45) is 3.91. The molecule has 4 N–H and O–H groups in total. The molecule has 5 heteroatoms. The fourth-order valence-electron chi connectivity index (χ4n) is 2.43. The third-order valence-corrected chi connectivity index (χ3v) is 3.85. The van der Waals surface area contributed by atoms with Gasteiger partial charge in [0.1, 0.15) is 11.9 Å². The summed E-state index contributed by atoms with van der Waals surface area (Å²) < 4.78 is 5.81. The summed E-state index contributed by atoms with van der Waals surface area (Å²) >= 11 is 0. The number of rotatable bonds is 5. The van der Waals surface area contributed by atoms with Gasteiger partial charge in [-0.05, 0) is 49.9 Å². The average molecular weight is 292 g/mol. The number of hydrogen-bond donors (Lipinski definition) is 3. The maximum atomic E-state index is 11.7. The van der Waals surface area contributed by atoms with Crippen molar-refractivity contribution in [2.45, 2.75) is 57.3 Å². The minimum absolute atomic E-state index is 0.132. The number of nitrogens with one attached hydrogen (secondary N) is 1. The zero-order chi connectivity index (χ0) is 15.2. The molecule has 3 atom stereocenters. The van der Waals surface area contributed by atoms with Crippen molar-refractivity contribution in [3.63, 3.8) is 0 Å². The van der Waals surface area contributed by atoms with E-state index < -0.39 is 6.04 Å². The Morgan fingerprint density at radius 2 is 2.05 bits per heavy atom. The Labute approximate surface area is 125 Å². The van der Waals surface area contributed by atoms with Crippen molar-refractivity contribution in [3.8, 4) is 5.75 Å². The molecule has 0 spiro atoms. The Balaban J connectivity index is 1.91. The van der Waals surface area contributed by atoms with Crippen LogP contribution in [-0.4, -0.2) is 29.3 Å². The van der Waals surface area contributed by atoms with Crippen molar-refractivity contribution in [2.75, 3.05) is 5.32 Å². The summed E-state index contributed by atoms with van der Waals surface area (Å²) in [6.45, 7) is 1.87. The summed E-state index contributed by atoms with van der Waals surface area (Å²) in [7, 11) is 0. The maximum Gasteiger partial charge on any atom is 0.241 e. The molecule has 2 rings (SSSR count). The molecule has 1 aromatic carbocycles. The van der Waals surface area contributed by atoms with Crippen molar-refractivity contribution >= 4 is 11.6 Å². The van der Waals surface area contributed by atoms with E-state index >= 15 is 0 Å². The highest BCUT2D eigenvalue weighted by atomic mass is 16.5. The Kier molecular flexibility index (Phi) is 5.59. The first-order valence-corrected chi connectivity index (χ1v) is 7.61. The lowest BCUT2D eigenvalue weighted by Crippen LogP contribution is -2.35. The summed E-state index contributed by atoms with van der Waals surface area (Å²) in [5, 5.41) is 12.7. The van der Waals surface area contributed by atoms with Gasteiger partial charge in [-0.15, -0.1) is 0 Å². The SMILES string of the molecule is CC[C@H](N)C(=O)Nc1ccc(OC2CCCCC2O)cc1. The molecule has 1 saturated carbocycles. The molecule has 0 saturated heterocycles. The van der Waals surface area contributed by atoms with Crippen LogP contribution >= 0.6 is 0 Å². The second-order valence-electron chi connectivity index (χ2n) is 5.54. The zero-order valence-corrected chi connectivity index (χ0v) is 12.4. The molecular formula is C16H24N2O3. The third kappa shape index (κ3) is 4.44. The van der Waals surface area contributed by atoms with Gasteiger partial charge in [0.15, 0.2) is 0 Å². The molecule has 1 aromatic rings. The zero-order valence-electron chi connectivity index (χ0n) is 12.4. The highest BCUT2D eigenvalue weighted by molar-refractivity contribution is 5.94. The van der Waals surface area contributed by atoms with E-state index in [1.54, 1.807) is 24.3 Å². The summed E-state index contributed by atoms with van der Waals surface area (Å²) in [5.74, 6) is 0.521. The Morgan fingerprint density at radius 1 is 1.38 bits per heavy atom. The molecule has 1 fully saturated rings. The number of amides is 1. The molecule has 5 nitrogen and oxygen atoms in total. The smallest absolute Gasteiger partial charge is 0.241 e. The summed E-state index contributed by atoms with van der Waals surface area (Å²) in [5.41, 5.74) is 6.36. The molecule has 1 aliphatic carbocycles. The van der Waals surface area contributed by atoms with E-state index in [9.17, 15) is 9.90 Å². The molecule has 116 valence electrons. The van der Waals surface area contributed by atoms with Crippen LogP contribution in [0.1, 0.15) is 39.0 Å². The number of anilines is 1. The Hall–Kier alpha value is -1.59. The van der Waals surface area contributed by atoms with Crippen LogP contribution in [0.3, 0.4) is 0 Å². The van der Waals surface area contributed by atoms with E-state index in [2.05, 4.69) is 5.32 Å². The van der Waals surface area contributed by atoms with Crippen LogP contribution in [0, 0.1) is 0 Å². The number of aliphatic hydroxyl groups excluding tert-OH is 1. The van der Waals surface area contributed by atoms with Crippen LogP contribution in [0.15, 0.2) is 24.3 Å². The first-order valence-electron chi connectivity index (χ1n) is 7.61. The number of benzene rings is 1. The number of ether oxygens (including phenoxy) is 1. The van der Waals surface area contributed by atoms with Crippen LogP contribution in [0.25, 0.3) is 0 Å². The van der Waals surface area contributed by atoms with Gasteiger partial charge < -0.3 is 20.9 Å². The fourth-order valence-corrected chi connectivity index (χ4v) is 2.43. The van der Waals surface area contributed by atoms with Crippen LogP contribution in [0.4, 0.5) is 5.69 Å². The van der Waals surface area contributed by atoms with Gasteiger partial charge in [-0.2, -0.15) is 0 Å². The van der Waals surface area contributed by atoms with Crippen molar-refractivity contribution in [1.82, 2.24) is 0 Å². The van der Waals surface area contributed by atoms with Gasteiger partial charge in [0.25, 0.3) is 0 Å². The molecule has 0 bridgehead atoms. The number of aliphatic hydroxyl groups is 1. The van der Waals surface area contributed by atoms with Crippen LogP contribution < -0.4 is 15.8 Å². The standard InChI is InChI=1S/C16H24N2O3/c1-2-13(17)16(20)18-11-7-9-12(10-8-11)21-15-6-4-3-5-14(15)19/h7-10,13-15,19H,2-6,17H2,1H3,(H,18,20)/t13-,14?,15?/m0/s1. The van der Waals surface area contributed by atoms with Gasteiger partial charge in [0.05, 0.1) is 12.1 Å². The normalized spacial score (nSPS) is 23.4. The number of carbonyl (C=O) groups excluding carboxylic acids is 1. The largest absolute Gasteiger partial charge is 0.488 e. The number of hydrogen-bond acceptors (Lipinski definition) is 4. The van der Waals surface area contributed by atoms with E-state index in [-0.39, 0.29) is 18.1 Å². The number of nitrogens with two attached hydrogens (primary N) is 1. The topological polar surface area (TPSA) is 84.6 Å². The minimum Gasteiger partial charge on any atom is -0.488 e. The average Bonchev–Trinajstić information content (AvgIpc) is 2.50. The first-order chi connectivity index (χ1) is 10.1. The van der Waals surface area contributed by atoms with Crippen molar-refractivity contribution in [3.05, 3.63) is 24.3 Å². The predicted molar refractivity (Wildman–Crippen MR) is 82.2 cm³/mol. The van der Waals surface area contributed by atoms with Gasteiger partial charge in [-0.25, -0.2) is 0 Å². The molecule has 2 unspecified atom stereocenters. The van der Waals surface area contributed by atoms with E-state index in [0.717, 1.165) is 25.7 Å². The third-order valence-electron chi connectivity index (χ3n) is 3.85. The summed E-state index contributed by atoms with van der Waals surface area (Å²) in [4.78, 5) is 11.7. The highest BCUT2D eigenvalue weighted by Gasteiger charge is 2.24. The minimum atomic E-state index is -0.488. The van der Waals surface area contributed by atoms with Crippen LogP contribution in [0.5, 0.6) is 5.75 Å². The maximum absolute atomic E-state index is 11.7. The fraction of sp³-hybridized carbons (Fsp3) is 0.562. The first kappa shape index (κ1) is 15.8. The van der Waals surface area contributed by atoms with Crippen LogP contribution in [-0.2, 0) is 4.79 Å². The molecular weight excluding hydrogens is 268 g/mol. The molecule has 0 heterocycles. The molecule has 1 aliphatic rings. The van der Waals surface area contributed by atoms with Gasteiger partial charge in [0.2, 0.25) is 5.91 Å². The van der Waals surface area contributed by atoms with Gasteiger partial charge >= 0.3 is 0 Å². The van der Waals surface area contributed by atoms with Crippen LogP contribution in [0.2, 0.25) is 0 Å². The van der Waals surface area contributed by atoms with E-state index in [0.29, 0.717) is 17.9 Å². The summed E-state index contributed by atoms with van der Waals surface area (Å²) in [6, 6.07) is 6.68. The quantitative estimate of drug-likeness (QED) is 0.775. The molecule has 0 radical (unpaired) electrons. The second kappa shape index (κ2) is 7.43. The Morgan fingerprint density at radius 3 is 2.67 bits per heavy atom. The van der Waals surface area contributed by atoms with E-state index in [4.69, 9.17) is 10.5 Å². The number of carbonyl (C=O) groups is 1. The lowest BCUT2D eigenvalue weighted by atomic mass is 9.95. The van der Waals surface area contributed by atoms with Gasteiger partial charge in [-0.1, -0.05) is 13.3 Å². The van der Waals surface area contributed by atoms with Crippen molar-refractivity contribution < 1.29 is 14.6 Å². The van der Waals surface area contributed by atoms with Gasteiger partial charge in [-0.3, -0.25) is 4.79 Å². The predicted octanol–water partition coefficient (Wildman–Crippen LogP) is 2.04. The van der Waals surface area contributed by atoms with Crippen molar-refractivity contribution in [2.24, 2.45) is 5.73 Å². The van der Waals surface area contributed by atoms with E-state index in [1.165, 1.54) is 0 Å². The molecule has 21 heavy (non-hydrogen) atoms. The highest BCUT2D eigenvalue weighted by Crippen LogP contribution is 2.24. The molecule has 0 aliphatic heterocycles. The lowest BCUT2D eigenvalue weighted by molar-refractivity contribution is -0.117. The van der Waals surface area contributed by atoms with E-state index in [1.807, 2.05) is 6.92 Å². The lowest BCUT2D eigenvalue weighted by Gasteiger charge is -2.28. The monoisotopic (exact) mass is 292 g/mol. The Bertz CT molecular complexity index is 461. The van der Waals surface area contributed by atoms with Gasteiger partial charge in [0, 0.05) is 5.69 Å².